The molecule has 6 rings (SSSR count). The van der Waals surface area contributed by atoms with Gasteiger partial charge in [-0.1, -0.05) is 78.9 Å². The first-order chi connectivity index (χ1) is 22.6. The molecule has 0 bridgehead atoms. The van der Waals surface area contributed by atoms with Gasteiger partial charge in [-0.2, -0.15) is 0 Å². The molecule has 3 N–H and O–H groups in total. The van der Waals surface area contributed by atoms with E-state index in [1.54, 1.807) is 0 Å². The fourth-order valence-corrected chi connectivity index (χ4v) is 6.15. The van der Waals surface area contributed by atoms with Crippen LogP contribution >= 0.6 is 0 Å². The molecule has 1 unspecified atom stereocenters. The highest BCUT2D eigenvalue weighted by Crippen LogP contribution is 2.33. The molecule has 46 heavy (non-hydrogen) atoms. The third-order valence-corrected chi connectivity index (χ3v) is 8.61. The molecule has 2 amide bonds. The predicted octanol–water partition coefficient (Wildman–Crippen LogP) is 5.54. The Kier molecular flexibility index (Phi) is 10.4. The lowest BCUT2D eigenvalue weighted by Gasteiger charge is -2.31. The summed E-state index contributed by atoms with van der Waals surface area (Å²) in [4.78, 5) is 31.0. The van der Waals surface area contributed by atoms with Gasteiger partial charge in [-0.3, -0.25) is 9.59 Å². The topological polar surface area (TPSA) is 97.1 Å². The van der Waals surface area contributed by atoms with Crippen molar-refractivity contribution in [3.63, 3.8) is 0 Å². The summed E-state index contributed by atoms with van der Waals surface area (Å²) in [6, 6.07) is 32.5. The molecule has 4 aromatic carbocycles. The molecule has 0 saturated carbocycles. The van der Waals surface area contributed by atoms with Crippen LogP contribution in [0.2, 0.25) is 0 Å². The standard InChI is InChI=1S/C38H42N4O4/c39-25-29-9-4-10-30(21-29)26-42(37(43)23-28-7-2-1-3-8-28)27-31-11-5-12-32(22-31)33-14-15-35(41-16-19-45-20-17-41)34(24-33)40-38(44)36-13-6-18-46-36/h1-5,7-12,14-15,21-22,24,36H,6,13,16-20,23,25-27,39H2,(H,40,44). The van der Waals surface area contributed by atoms with Crippen LogP contribution in [0.25, 0.3) is 11.1 Å². The second-order valence-electron chi connectivity index (χ2n) is 12.0. The van der Waals surface area contributed by atoms with Crippen molar-refractivity contribution in [1.29, 1.82) is 0 Å². The van der Waals surface area contributed by atoms with Gasteiger partial charge in [0.15, 0.2) is 0 Å². The Balaban J connectivity index is 1.27. The molecule has 238 valence electrons. The molecule has 2 heterocycles. The van der Waals surface area contributed by atoms with Gasteiger partial charge in [-0.15, -0.1) is 0 Å². The van der Waals surface area contributed by atoms with Gasteiger partial charge < -0.3 is 30.3 Å². The number of nitrogens with two attached hydrogens (primary N) is 1. The number of anilines is 2. The zero-order chi connectivity index (χ0) is 31.7. The first-order valence-electron chi connectivity index (χ1n) is 16.1. The third kappa shape index (κ3) is 8.01. The number of benzene rings is 4. The molecular formula is C38H42N4O4. The van der Waals surface area contributed by atoms with Crippen LogP contribution in [0, 0.1) is 0 Å². The maximum Gasteiger partial charge on any atom is 0.253 e. The summed E-state index contributed by atoms with van der Waals surface area (Å²) in [7, 11) is 0. The zero-order valence-corrected chi connectivity index (χ0v) is 26.2. The summed E-state index contributed by atoms with van der Waals surface area (Å²) in [5.41, 5.74) is 13.8. The lowest BCUT2D eigenvalue weighted by atomic mass is 10.0. The lowest BCUT2D eigenvalue weighted by Crippen LogP contribution is -2.37. The zero-order valence-electron chi connectivity index (χ0n) is 26.2. The van der Waals surface area contributed by atoms with E-state index in [4.69, 9.17) is 15.2 Å². The van der Waals surface area contributed by atoms with Crippen LogP contribution in [-0.4, -0.2) is 55.7 Å². The molecule has 8 heteroatoms. The van der Waals surface area contributed by atoms with E-state index in [1.165, 1.54) is 0 Å². The number of carbonyl (C=O) groups is 2. The van der Waals surface area contributed by atoms with Crippen LogP contribution < -0.4 is 16.0 Å². The second-order valence-corrected chi connectivity index (χ2v) is 12.0. The highest BCUT2D eigenvalue weighted by molar-refractivity contribution is 5.98. The van der Waals surface area contributed by atoms with Gasteiger partial charge >= 0.3 is 0 Å². The number of amides is 2. The van der Waals surface area contributed by atoms with E-state index in [0.29, 0.717) is 45.9 Å². The van der Waals surface area contributed by atoms with Gasteiger partial charge in [0.25, 0.3) is 5.91 Å². The number of ether oxygens (including phenoxy) is 2. The van der Waals surface area contributed by atoms with Crippen LogP contribution in [0.4, 0.5) is 11.4 Å². The van der Waals surface area contributed by atoms with E-state index < -0.39 is 6.10 Å². The maximum absolute atomic E-state index is 13.7. The second kappa shape index (κ2) is 15.2. The molecule has 0 aliphatic carbocycles. The van der Waals surface area contributed by atoms with Crippen molar-refractivity contribution in [2.75, 3.05) is 43.1 Å². The number of morpholine rings is 1. The van der Waals surface area contributed by atoms with Crippen molar-refractivity contribution in [3.8, 4) is 11.1 Å². The molecule has 2 aliphatic heterocycles. The van der Waals surface area contributed by atoms with Crippen LogP contribution in [0.1, 0.15) is 35.1 Å². The third-order valence-electron chi connectivity index (χ3n) is 8.61. The van der Waals surface area contributed by atoms with E-state index in [0.717, 1.165) is 70.7 Å². The van der Waals surface area contributed by atoms with Crippen LogP contribution in [0.5, 0.6) is 0 Å². The van der Waals surface area contributed by atoms with Crippen LogP contribution in [0.3, 0.4) is 0 Å². The smallest absolute Gasteiger partial charge is 0.253 e. The molecule has 2 fully saturated rings. The SMILES string of the molecule is NCc1cccc(CN(Cc2cccc(-c3ccc(N4CCOCC4)c(NC(=O)C4CCCO4)c3)c2)C(=O)Cc2ccccc2)c1. The highest BCUT2D eigenvalue weighted by Gasteiger charge is 2.25. The van der Waals surface area contributed by atoms with Crippen molar-refractivity contribution < 1.29 is 19.1 Å². The first-order valence-corrected chi connectivity index (χ1v) is 16.1. The number of nitrogens with one attached hydrogen (secondary N) is 1. The fourth-order valence-electron chi connectivity index (χ4n) is 6.15. The Labute approximate surface area is 271 Å². The average Bonchev–Trinajstić information content (AvgIpc) is 3.65. The number of nitrogens with zero attached hydrogens (tertiary/aromatic N) is 2. The minimum Gasteiger partial charge on any atom is -0.378 e. The highest BCUT2D eigenvalue weighted by atomic mass is 16.5. The van der Waals surface area contributed by atoms with E-state index >= 15 is 0 Å². The van der Waals surface area contributed by atoms with Gasteiger partial charge in [-0.05, 0) is 64.4 Å². The monoisotopic (exact) mass is 618 g/mol. The van der Waals surface area contributed by atoms with Crippen molar-refractivity contribution in [2.45, 2.75) is 45.0 Å². The number of hydrogen-bond acceptors (Lipinski definition) is 6. The summed E-state index contributed by atoms with van der Waals surface area (Å²) in [6.45, 7) is 4.84. The molecule has 0 aromatic heterocycles. The summed E-state index contributed by atoms with van der Waals surface area (Å²) < 4.78 is 11.2. The van der Waals surface area contributed by atoms with Gasteiger partial charge in [-0.25, -0.2) is 0 Å². The number of rotatable bonds is 11. The van der Waals surface area contributed by atoms with Gasteiger partial charge in [0.05, 0.1) is 31.0 Å². The van der Waals surface area contributed by atoms with E-state index in [1.807, 2.05) is 65.6 Å². The summed E-state index contributed by atoms with van der Waals surface area (Å²) in [6.07, 6.45) is 1.53. The molecule has 2 saturated heterocycles. The van der Waals surface area contributed by atoms with Gasteiger partial charge in [0.2, 0.25) is 5.91 Å². The minimum absolute atomic E-state index is 0.0590. The Morgan fingerprint density at radius 1 is 0.783 bits per heavy atom. The molecule has 1 atom stereocenters. The fraction of sp³-hybridized carbons (Fsp3) is 0.316. The molecule has 8 nitrogen and oxygen atoms in total. The summed E-state index contributed by atoms with van der Waals surface area (Å²) in [5.74, 6) is -0.0482. The van der Waals surface area contributed by atoms with E-state index in [2.05, 4.69) is 46.6 Å². The Morgan fingerprint density at radius 2 is 1.48 bits per heavy atom. The Bertz CT molecular complexity index is 1630. The van der Waals surface area contributed by atoms with Crippen molar-refractivity contribution in [3.05, 3.63) is 119 Å². The van der Waals surface area contributed by atoms with E-state index in [-0.39, 0.29) is 11.8 Å². The number of carbonyl (C=O) groups excluding carboxylic acids is 2. The van der Waals surface area contributed by atoms with Crippen LogP contribution in [-0.2, 0) is 45.1 Å². The molecule has 0 spiro atoms. The van der Waals surface area contributed by atoms with Crippen molar-refractivity contribution in [1.82, 2.24) is 4.90 Å². The maximum atomic E-state index is 13.7. The van der Waals surface area contributed by atoms with Gasteiger partial charge in [0.1, 0.15) is 6.10 Å². The molecular weight excluding hydrogens is 576 g/mol. The predicted molar refractivity (Wildman–Crippen MR) is 181 cm³/mol. The normalized spacial score (nSPS) is 16.3. The minimum atomic E-state index is -0.422. The lowest BCUT2D eigenvalue weighted by molar-refractivity contribution is -0.131. The largest absolute Gasteiger partial charge is 0.378 e. The molecule has 2 aliphatic rings. The summed E-state index contributed by atoms with van der Waals surface area (Å²) >= 11 is 0. The first kappa shape index (κ1) is 31.5. The van der Waals surface area contributed by atoms with Crippen molar-refractivity contribution >= 4 is 23.2 Å². The molecule has 0 radical (unpaired) electrons. The van der Waals surface area contributed by atoms with Crippen molar-refractivity contribution in [2.24, 2.45) is 5.73 Å². The molecule has 4 aromatic rings. The van der Waals surface area contributed by atoms with Gasteiger partial charge in [0, 0.05) is 39.3 Å². The number of hydrogen-bond donors (Lipinski definition) is 2. The summed E-state index contributed by atoms with van der Waals surface area (Å²) in [5, 5.41) is 3.17. The average molecular weight is 619 g/mol. The van der Waals surface area contributed by atoms with Crippen LogP contribution in [0.15, 0.2) is 97.1 Å². The quantitative estimate of drug-likeness (QED) is 0.229. The Hall–Kier alpha value is -4.50. The Morgan fingerprint density at radius 3 is 2.22 bits per heavy atom. The van der Waals surface area contributed by atoms with E-state index in [9.17, 15) is 9.59 Å².